The van der Waals surface area contributed by atoms with E-state index in [2.05, 4.69) is 58.9 Å². The Kier molecular flexibility index (Phi) is 29.6. The average molecular weight is 256 g/mol. The molecule has 0 aromatic heterocycles. The molecule has 0 aliphatic heterocycles. The summed E-state index contributed by atoms with van der Waals surface area (Å²) in [5, 5.41) is 0. The van der Waals surface area contributed by atoms with Gasteiger partial charge in [-0.15, -0.1) is 0 Å². The molecule has 4 heteroatoms. The summed E-state index contributed by atoms with van der Waals surface area (Å²) in [6.45, 7) is 19.9. The number of aryl methyl sites for hydroxylation is 3. The molecule has 0 N–H and O–H groups in total. The minimum absolute atomic E-state index is 0. The fraction of sp³-hybridized carbons (Fsp3) is 0.250. The minimum atomic E-state index is 0. The van der Waals surface area contributed by atoms with E-state index < -0.39 is 0 Å². The fourth-order valence-electron chi connectivity index (χ4n) is 1.20. The molecule has 0 fully saturated rings. The van der Waals surface area contributed by atoms with Crippen LogP contribution < -0.4 is 0 Å². The van der Waals surface area contributed by atoms with Crippen LogP contribution in [0.1, 0.15) is 16.7 Å². The van der Waals surface area contributed by atoms with Crippen LogP contribution in [0, 0.1) is 40.7 Å². The molecule has 0 spiro atoms. The molecule has 0 heterocycles. The van der Waals surface area contributed by atoms with Gasteiger partial charge in [0, 0.05) is 0 Å². The van der Waals surface area contributed by atoms with Crippen molar-refractivity contribution in [1.82, 2.24) is 0 Å². The molecular weight excluding hydrogens is 244 g/mol. The molecular formula is C12H12CrO3+6. The van der Waals surface area contributed by atoms with Gasteiger partial charge in [-0.3, -0.25) is 0 Å². The van der Waals surface area contributed by atoms with Crippen LogP contribution in [-0.4, -0.2) is 0 Å². The Bertz CT molecular complexity index is 262. The van der Waals surface area contributed by atoms with Crippen molar-refractivity contribution in [2.45, 2.75) is 20.8 Å². The normalized spacial score (nSPS) is 5.81. The topological polar surface area (TPSA) is 59.7 Å². The molecule has 0 aliphatic carbocycles. The average Bonchev–Trinajstić information content (AvgIpc) is 2.24. The predicted molar refractivity (Wildman–Crippen MR) is 52.4 cm³/mol. The Labute approximate surface area is 107 Å². The van der Waals surface area contributed by atoms with Crippen molar-refractivity contribution in [3.8, 4) is 0 Å². The summed E-state index contributed by atoms with van der Waals surface area (Å²) in [6.07, 6.45) is 0. The van der Waals surface area contributed by atoms with Crippen LogP contribution in [-0.2, 0) is 31.3 Å². The number of benzene rings is 1. The van der Waals surface area contributed by atoms with Crippen molar-refractivity contribution in [3.05, 3.63) is 54.8 Å². The quantitative estimate of drug-likeness (QED) is 0.506. The van der Waals surface area contributed by atoms with Gasteiger partial charge in [-0.1, -0.05) is 34.9 Å². The van der Waals surface area contributed by atoms with Crippen LogP contribution in [0.3, 0.4) is 0 Å². The maximum Gasteiger partial charge on any atom is 6.00 e. The zero-order valence-corrected chi connectivity index (χ0v) is 10.6. The first-order valence-corrected chi connectivity index (χ1v) is 3.84. The number of rotatable bonds is 0. The molecule has 3 nitrogen and oxygen atoms in total. The van der Waals surface area contributed by atoms with Crippen molar-refractivity contribution >= 4 is 0 Å². The summed E-state index contributed by atoms with van der Waals surface area (Å²) in [5.41, 5.74) is 4.06. The molecule has 0 saturated carbocycles. The van der Waals surface area contributed by atoms with Crippen molar-refractivity contribution in [1.29, 1.82) is 0 Å². The molecule has 16 heavy (non-hydrogen) atoms. The van der Waals surface area contributed by atoms with Crippen LogP contribution in [0.2, 0.25) is 0 Å². The third-order valence-electron chi connectivity index (χ3n) is 1.37. The van der Waals surface area contributed by atoms with E-state index in [0.717, 1.165) is 0 Å². The van der Waals surface area contributed by atoms with Crippen molar-refractivity contribution in [2.24, 2.45) is 0 Å². The van der Waals surface area contributed by atoms with Gasteiger partial charge in [-0.25, -0.2) is 0 Å². The van der Waals surface area contributed by atoms with Gasteiger partial charge >= 0.3 is 51.3 Å². The van der Waals surface area contributed by atoms with Crippen molar-refractivity contribution < 1.29 is 31.3 Å². The number of hydrogen-bond donors (Lipinski definition) is 0. The van der Waals surface area contributed by atoms with Crippen LogP contribution in [0.25, 0.3) is 0 Å². The van der Waals surface area contributed by atoms with Gasteiger partial charge < -0.3 is 0 Å². The summed E-state index contributed by atoms with van der Waals surface area (Å²) < 4.78 is 22.5. The Morgan fingerprint density at radius 1 is 0.625 bits per heavy atom. The predicted octanol–water partition coefficient (Wildman–Crippen LogP) is 2.50. The van der Waals surface area contributed by atoms with Crippen LogP contribution in [0.5, 0.6) is 0 Å². The molecule has 0 unspecified atom stereocenters. The second kappa shape index (κ2) is 19.5. The molecule has 0 radical (unpaired) electrons. The smallest absolute Gasteiger partial charge is 6.00 e. The molecule has 1 rings (SSSR count). The standard InChI is InChI=1S/C9H12.3CO.Cr/c1-7-4-8(2)6-9(3)5-7;3*1-2;/h4-6H,1-3H3;;;;/q;;;;+6. The minimum Gasteiger partial charge on any atom is 6.00 e. The van der Waals surface area contributed by atoms with Crippen LogP contribution >= 0.6 is 0 Å². The zero-order valence-electron chi connectivity index (χ0n) is 9.37. The Morgan fingerprint density at radius 3 is 0.875 bits per heavy atom. The Hall–Kier alpha value is -1.03. The van der Waals surface area contributed by atoms with Gasteiger partial charge in [0.1, 0.15) is 0 Å². The van der Waals surface area contributed by atoms with E-state index in [4.69, 9.17) is 14.0 Å². The summed E-state index contributed by atoms with van der Waals surface area (Å²) >= 11 is 0. The second-order valence-corrected chi connectivity index (χ2v) is 2.67. The van der Waals surface area contributed by atoms with E-state index in [1.807, 2.05) is 0 Å². The summed E-state index contributed by atoms with van der Waals surface area (Å²) in [5.74, 6) is 0. The first-order chi connectivity index (χ1) is 7.18. The van der Waals surface area contributed by atoms with E-state index >= 15 is 0 Å². The van der Waals surface area contributed by atoms with Gasteiger partial charge in [0.2, 0.25) is 0 Å². The molecule has 0 amide bonds. The Morgan fingerprint density at radius 2 is 0.750 bits per heavy atom. The molecule has 0 saturated heterocycles. The monoisotopic (exact) mass is 256 g/mol. The van der Waals surface area contributed by atoms with Crippen LogP contribution in [0.15, 0.2) is 18.2 Å². The van der Waals surface area contributed by atoms with E-state index in [0.29, 0.717) is 0 Å². The molecule has 78 valence electrons. The third kappa shape index (κ3) is 15.4. The zero-order chi connectivity index (χ0) is 12.9. The largest absolute Gasteiger partial charge is 6.00 e. The van der Waals surface area contributed by atoms with Gasteiger partial charge in [0.15, 0.2) is 0 Å². The maximum absolute atomic E-state index is 7.50. The van der Waals surface area contributed by atoms with Gasteiger partial charge in [0.25, 0.3) is 0 Å². The van der Waals surface area contributed by atoms with E-state index in [9.17, 15) is 0 Å². The molecule has 1 aromatic carbocycles. The van der Waals surface area contributed by atoms with Crippen molar-refractivity contribution in [3.63, 3.8) is 0 Å². The Balaban J connectivity index is -0.0000000900. The molecule has 1 aromatic rings. The summed E-state index contributed by atoms with van der Waals surface area (Å²) in [6, 6.07) is 6.56. The molecule has 0 aliphatic rings. The fourth-order valence-corrected chi connectivity index (χ4v) is 1.20. The van der Waals surface area contributed by atoms with E-state index in [1.165, 1.54) is 16.7 Å². The summed E-state index contributed by atoms with van der Waals surface area (Å²) in [4.78, 5) is 0. The summed E-state index contributed by atoms with van der Waals surface area (Å²) in [7, 11) is 0. The van der Waals surface area contributed by atoms with Gasteiger partial charge in [-0.05, 0) is 20.8 Å². The van der Waals surface area contributed by atoms with Gasteiger partial charge in [0.05, 0.1) is 0 Å². The van der Waals surface area contributed by atoms with Crippen molar-refractivity contribution in [2.75, 3.05) is 0 Å². The molecule has 0 bridgehead atoms. The second-order valence-electron chi connectivity index (χ2n) is 2.67. The maximum atomic E-state index is 7.50. The van der Waals surface area contributed by atoms with E-state index in [1.54, 1.807) is 0 Å². The number of hydrogen-bond acceptors (Lipinski definition) is 0. The third-order valence-corrected chi connectivity index (χ3v) is 1.37. The van der Waals surface area contributed by atoms with Crippen LogP contribution in [0.4, 0.5) is 0 Å². The first kappa shape index (κ1) is 24.3. The first-order valence-electron chi connectivity index (χ1n) is 3.84. The van der Waals surface area contributed by atoms with Gasteiger partial charge in [-0.2, -0.15) is 0 Å². The molecule has 0 atom stereocenters. The SMILES string of the molecule is Cc1cc(C)cc(C)c1.[C-]#[O+].[C-]#[O+].[C-]#[O+].[Cr+6]. The van der Waals surface area contributed by atoms with E-state index in [-0.39, 0.29) is 17.4 Å².